The summed E-state index contributed by atoms with van der Waals surface area (Å²) in [7, 11) is 1.63. The van der Waals surface area contributed by atoms with Crippen LogP contribution in [0.1, 0.15) is 12.0 Å². The number of hydrogen-bond acceptors (Lipinski definition) is 11. The lowest BCUT2D eigenvalue weighted by molar-refractivity contribution is -0.133. The van der Waals surface area contributed by atoms with Crippen molar-refractivity contribution >= 4 is 23.4 Å². The van der Waals surface area contributed by atoms with Crippen molar-refractivity contribution in [2.45, 2.75) is 24.5 Å². The van der Waals surface area contributed by atoms with Gasteiger partial charge in [-0.15, -0.1) is 0 Å². The van der Waals surface area contributed by atoms with Crippen LogP contribution in [0.2, 0.25) is 0 Å². The molecule has 3 fully saturated rings. The van der Waals surface area contributed by atoms with E-state index in [0.29, 0.717) is 27.9 Å². The summed E-state index contributed by atoms with van der Waals surface area (Å²) in [4.78, 5) is 29.5. The number of nitrogens with zero attached hydrogens (tertiary/aromatic N) is 7. The van der Waals surface area contributed by atoms with Crippen LogP contribution >= 0.6 is 0 Å². The predicted molar refractivity (Wildman–Crippen MR) is 158 cm³/mol. The van der Waals surface area contributed by atoms with Crippen LogP contribution in [0.5, 0.6) is 11.5 Å². The number of rotatable bonds is 8. The average molecular weight is 623 g/mol. The highest BCUT2D eigenvalue weighted by Crippen LogP contribution is 2.35. The normalized spacial score (nSPS) is 20.2. The van der Waals surface area contributed by atoms with Crippen molar-refractivity contribution < 1.29 is 32.9 Å². The predicted octanol–water partition coefficient (Wildman–Crippen LogP) is 3.45. The Kier molecular flexibility index (Phi) is 8.50. The summed E-state index contributed by atoms with van der Waals surface area (Å²) < 4.78 is 45.8. The molecule has 3 saturated heterocycles. The lowest BCUT2D eigenvalue weighted by atomic mass is 10.0. The van der Waals surface area contributed by atoms with E-state index in [1.54, 1.807) is 13.2 Å². The molecule has 13 nitrogen and oxygen atoms in total. The average Bonchev–Trinajstić information content (AvgIpc) is 3.01. The van der Waals surface area contributed by atoms with Gasteiger partial charge < -0.3 is 34.4 Å². The Balaban J connectivity index is 1.13. The third-order valence-electron chi connectivity index (χ3n) is 8.23. The van der Waals surface area contributed by atoms with Gasteiger partial charge in [0.15, 0.2) is 11.9 Å². The fourth-order valence-corrected chi connectivity index (χ4v) is 5.64. The van der Waals surface area contributed by atoms with Crippen molar-refractivity contribution in [1.29, 1.82) is 5.26 Å². The molecule has 6 rings (SSSR count). The van der Waals surface area contributed by atoms with Crippen LogP contribution in [0.15, 0.2) is 42.7 Å². The number of nitriles is 1. The molecule has 45 heavy (non-hydrogen) atoms. The Morgan fingerprint density at radius 1 is 1.11 bits per heavy atom. The first-order chi connectivity index (χ1) is 21.7. The van der Waals surface area contributed by atoms with Gasteiger partial charge >= 0.3 is 12.0 Å². The van der Waals surface area contributed by atoms with Gasteiger partial charge in [0.05, 0.1) is 44.2 Å². The molecule has 0 spiro atoms. The van der Waals surface area contributed by atoms with Crippen LogP contribution in [-0.4, -0.2) is 114 Å². The zero-order chi connectivity index (χ0) is 31.6. The molecule has 3 aliphatic rings. The maximum absolute atomic E-state index is 14.6. The molecule has 15 heteroatoms. The molecule has 3 aliphatic heterocycles. The summed E-state index contributed by atoms with van der Waals surface area (Å²) in [5.74, 6) is -2.22. The molecule has 1 amide bonds. The number of carbonyl (C=O) groups is 1. The minimum absolute atomic E-state index is 0.0149. The Morgan fingerprint density at radius 3 is 2.58 bits per heavy atom. The van der Waals surface area contributed by atoms with E-state index in [0.717, 1.165) is 45.1 Å². The van der Waals surface area contributed by atoms with Crippen molar-refractivity contribution in [1.82, 2.24) is 24.8 Å². The molecule has 2 aromatic carbocycles. The van der Waals surface area contributed by atoms with E-state index < -0.39 is 24.7 Å². The molecule has 1 unspecified atom stereocenters. The van der Waals surface area contributed by atoms with E-state index in [4.69, 9.17) is 19.3 Å². The smallest absolute Gasteiger partial charge is 0.407 e. The molecule has 3 aromatic rings. The topological polar surface area (TPSA) is 149 Å². The van der Waals surface area contributed by atoms with Crippen molar-refractivity contribution in [3.05, 3.63) is 48.3 Å². The van der Waals surface area contributed by atoms with Gasteiger partial charge in [-0.05, 0) is 30.3 Å². The van der Waals surface area contributed by atoms with Crippen LogP contribution in [0, 0.1) is 11.3 Å². The lowest BCUT2D eigenvalue weighted by Crippen LogP contribution is -2.56. The lowest BCUT2D eigenvalue weighted by Gasteiger charge is -2.43. The fraction of sp³-hybridized carbons (Fsp3) is 0.433. The number of methoxy groups -OCH3 is 1. The Hall–Kier alpha value is -4.81. The third kappa shape index (κ3) is 6.52. The molecule has 0 saturated carbocycles. The van der Waals surface area contributed by atoms with E-state index in [9.17, 15) is 18.8 Å². The maximum Gasteiger partial charge on any atom is 0.407 e. The quantitative estimate of drug-likeness (QED) is 0.379. The Labute approximate surface area is 258 Å². The largest absolute Gasteiger partial charge is 0.495 e. The standard InChI is InChI=1S/C30H32F2N8O5/c1-43-25-13-21(3-4-23(25)39-10-8-38(9-11-39)22-15-44-16-22)36-28-35-18-34-27(37-28)19-2-5-24(20(12-19)14-33)45-26-6-7-40(29(41)42)17-30(26,31)32/h2-5,12-13,18,22,26H,6-11,15-17H2,1H3,(H,41,42)(H,34,35,36,37). The van der Waals surface area contributed by atoms with E-state index in [-0.39, 0.29) is 36.1 Å². The number of halogens is 2. The van der Waals surface area contributed by atoms with Crippen LogP contribution in [0.3, 0.4) is 0 Å². The summed E-state index contributed by atoms with van der Waals surface area (Å²) in [5, 5.41) is 22.0. The number of amides is 1. The SMILES string of the molecule is COc1cc(Nc2ncnc(-c3ccc(OC4CCN(C(=O)O)CC4(F)F)c(C#N)c3)n2)ccc1N1CCN(C2COC2)CC1. The highest BCUT2D eigenvalue weighted by Gasteiger charge is 2.48. The van der Waals surface area contributed by atoms with Gasteiger partial charge in [0.1, 0.15) is 23.9 Å². The van der Waals surface area contributed by atoms with E-state index in [1.165, 1.54) is 18.5 Å². The molecule has 0 bridgehead atoms. The second kappa shape index (κ2) is 12.7. The second-order valence-corrected chi connectivity index (χ2v) is 11.0. The molecule has 0 aliphatic carbocycles. The van der Waals surface area contributed by atoms with Crippen LogP contribution in [0.25, 0.3) is 11.4 Å². The number of hydrogen-bond donors (Lipinski definition) is 2. The van der Waals surface area contributed by atoms with E-state index in [2.05, 4.69) is 30.1 Å². The van der Waals surface area contributed by atoms with Crippen molar-refractivity contribution in [3.63, 3.8) is 0 Å². The first kappa shape index (κ1) is 30.2. The summed E-state index contributed by atoms with van der Waals surface area (Å²) in [5.41, 5.74) is 2.17. The van der Waals surface area contributed by atoms with Crippen molar-refractivity contribution in [3.8, 4) is 29.0 Å². The number of alkyl halides is 2. The number of nitrogens with one attached hydrogen (secondary N) is 1. The zero-order valence-electron chi connectivity index (χ0n) is 24.5. The number of piperazine rings is 1. The number of piperidine rings is 1. The van der Waals surface area contributed by atoms with Gasteiger partial charge in [0.2, 0.25) is 5.95 Å². The Bertz CT molecular complexity index is 1590. The van der Waals surface area contributed by atoms with E-state index >= 15 is 0 Å². The molecular formula is C30H32F2N8O5. The van der Waals surface area contributed by atoms with Crippen LogP contribution < -0.4 is 19.7 Å². The molecular weight excluding hydrogens is 590 g/mol. The summed E-state index contributed by atoms with van der Waals surface area (Å²) in [6, 6.07) is 12.7. The first-order valence-corrected chi connectivity index (χ1v) is 14.5. The van der Waals surface area contributed by atoms with Gasteiger partial charge in [-0.2, -0.15) is 10.2 Å². The molecule has 236 valence electrons. The molecule has 4 heterocycles. The number of benzene rings is 2. The molecule has 2 N–H and O–H groups in total. The van der Waals surface area contributed by atoms with Crippen molar-refractivity contribution in [2.75, 3.05) is 69.8 Å². The van der Waals surface area contributed by atoms with Gasteiger partial charge in [-0.25, -0.2) is 23.5 Å². The van der Waals surface area contributed by atoms with Gasteiger partial charge in [0, 0.05) is 56.5 Å². The monoisotopic (exact) mass is 622 g/mol. The van der Waals surface area contributed by atoms with Crippen molar-refractivity contribution in [2.24, 2.45) is 0 Å². The maximum atomic E-state index is 14.6. The van der Waals surface area contributed by atoms with E-state index in [1.807, 2.05) is 24.3 Å². The Morgan fingerprint density at radius 2 is 1.91 bits per heavy atom. The molecule has 0 radical (unpaired) electrons. The number of aromatic nitrogens is 3. The molecule has 1 aromatic heterocycles. The number of ether oxygens (including phenoxy) is 3. The number of likely N-dealkylation sites (tertiary alicyclic amines) is 1. The summed E-state index contributed by atoms with van der Waals surface area (Å²) >= 11 is 0. The summed E-state index contributed by atoms with van der Waals surface area (Å²) in [6.07, 6.45) is -1.88. The number of carboxylic acid groups (broad SMARTS) is 1. The van der Waals surface area contributed by atoms with Gasteiger partial charge in [-0.1, -0.05) is 0 Å². The van der Waals surface area contributed by atoms with Crippen LogP contribution in [0.4, 0.5) is 30.9 Å². The van der Waals surface area contributed by atoms with Gasteiger partial charge in [0.25, 0.3) is 0 Å². The fourth-order valence-electron chi connectivity index (χ4n) is 5.64. The molecule has 1 atom stereocenters. The highest BCUT2D eigenvalue weighted by atomic mass is 19.3. The highest BCUT2D eigenvalue weighted by molar-refractivity contribution is 5.68. The number of anilines is 3. The second-order valence-electron chi connectivity index (χ2n) is 11.0. The zero-order valence-corrected chi connectivity index (χ0v) is 24.5. The first-order valence-electron chi connectivity index (χ1n) is 14.5. The summed E-state index contributed by atoms with van der Waals surface area (Å²) in [6.45, 7) is 4.23. The third-order valence-corrected chi connectivity index (χ3v) is 8.23. The minimum atomic E-state index is -3.42. The van der Waals surface area contributed by atoms with Gasteiger partial charge in [-0.3, -0.25) is 4.90 Å². The minimum Gasteiger partial charge on any atom is -0.495 e. The van der Waals surface area contributed by atoms with Crippen LogP contribution in [-0.2, 0) is 4.74 Å².